The van der Waals surface area contributed by atoms with Crippen molar-refractivity contribution >= 4 is 16.0 Å². The van der Waals surface area contributed by atoms with Gasteiger partial charge in [-0.3, -0.25) is 4.98 Å². The maximum atomic E-state index is 11.6. The topological polar surface area (TPSA) is 113 Å². The zero-order valence-corrected chi connectivity index (χ0v) is 14.5. The van der Waals surface area contributed by atoms with Crippen molar-refractivity contribution < 1.29 is 18.3 Å². The van der Waals surface area contributed by atoms with E-state index in [4.69, 9.17) is 5.11 Å². The van der Waals surface area contributed by atoms with E-state index < -0.39 is 16.0 Å². The molecule has 1 atom stereocenters. The fraction of sp³-hybridized carbons (Fsp3) is 0.375. The normalized spacial score (nSPS) is 18.4. The van der Waals surface area contributed by atoms with Gasteiger partial charge in [0.1, 0.15) is 6.33 Å². The lowest BCUT2D eigenvalue weighted by molar-refractivity contribution is 0.0696. The van der Waals surface area contributed by atoms with Crippen molar-refractivity contribution in [1.82, 2.24) is 19.3 Å². The molecule has 1 fully saturated rings. The van der Waals surface area contributed by atoms with E-state index in [9.17, 15) is 13.2 Å². The summed E-state index contributed by atoms with van der Waals surface area (Å²) in [6, 6.07) is 3.31. The monoisotopic (exact) mass is 362 g/mol. The Bertz CT molecular complexity index is 901. The molecule has 25 heavy (non-hydrogen) atoms. The molecule has 1 aliphatic heterocycles. The van der Waals surface area contributed by atoms with E-state index in [1.807, 2.05) is 0 Å². The average Bonchev–Trinajstić information content (AvgIpc) is 3.04. The van der Waals surface area contributed by atoms with Crippen LogP contribution >= 0.6 is 0 Å². The van der Waals surface area contributed by atoms with Gasteiger partial charge in [0, 0.05) is 36.7 Å². The van der Waals surface area contributed by atoms with Gasteiger partial charge in [0.05, 0.1) is 17.5 Å². The summed E-state index contributed by atoms with van der Waals surface area (Å²) in [4.78, 5) is 23.5. The van der Waals surface area contributed by atoms with E-state index >= 15 is 0 Å². The molecule has 1 saturated heterocycles. The van der Waals surface area contributed by atoms with Gasteiger partial charge in [-0.2, -0.15) is 0 Å². The van der Waals surface area contributed by atoms with Crippen molar-refractivity contribution in [2.75, 3.05) is 19.3 Å². The van der Waals surface area contributed by atoms with Crippen LogP contribution in [0.4, 0.5) is 0 Å². The van der Waals surface area contributed by atoms with Crippen LogP contribution in [0, 0.1) is 5.92 Å². The Morgan fingerprint density at radius 3 is 2.80 bits per heavy atom. The van der Waals surface area contributed by atoms with Crippen LogP contribution in [0.5, 0.6) is 0 Å². The molecule has 0 radical (unpaired) electrons. The molecule has 1 N–H and O–H groups in total. The van der Waals surface area contributed by atoms with E-state index in [0.29, 0.717) is 30.8 Å². The molecule has 132 valence electrons. The molecule has 0 amide bonds. The summed E-state index contributed by atoms with van der Waals surface area (Å²) in [6.07, 6.45) is 6.93. The maximum absolute atomic E-state index is 11.6. The first-order valence-corrected chi connectivity index (χ1v) is 9.62. The summed E-state index contributed by atoms with van der Waals surface area (Å²) in [5, 5.41) is 9.06. The van der Waals surface area contributed by atoms with E-state index in [-0.39, 0.29) is 11.5 Å². The van der Waals surface area contributed by atoms with Crippen molar-refractivity contribution in [2.24, 2.45) is 5.92 Å². The lowest BCUT2D eigenvalue weighted by Crippen LogP contribution is -2.27. The van der Waals surface area contributed by atoms with E-state index in [1.165, 1.54) is 29.2 Å². The first-order chi connectivity index (χ1) is 11.8. The standard InChI is InChI=1S/C16H18N4O4S/c1-25(23,24)20-3-2-11(9-20)4-14-6-15(19-10-18-14)12-5-13(16(21)22)8-17-7-12/h5-8,10-11H,2-4,9H2,1H3,(H,21,22)/t11-/m0/s1. The zero-order valence-electron chi connectivity index (χ0n) is 13.7. The van der Waals surface area contributed by atoms with Crippen LogP contribution < -0.4 is 0 Å². The molecule has 0 spiro atoms. The van der Waals surface area contributed by atoms with Crippen LogP contribution in [0.25, 0.3) is 11.3 Å². The molecule has 0 bridgehead atoms. The van der Waals surface area contributed by atoms with Crippen molar-refractivity contribution in [3.8, 4) is 11.3 Å². The Labute approximate surface area is 145 Å². The fourth-order valence-electron chi connectivity index (χ4n) is 2.92. The average molecular weight is 362 g/mol. The van der Waals surface area contributed by atoms with Crippen molar-refractivity contribution in [3.05, 3.63) is 42.1 Å². The van der Waals surface area contributed by atoms with E-state index in [1.54, 1.807) is 12.3 Å². The molecule has 0 saturated carbocycles. The first-order valence-electron chi connectivity index (χ1n) is 7.77. The van der Waals surface area contributed by atoms with Gasteiger partial charge in [-0.1, -0.05) is 0 Å². The number of sulfonamides is 1. The maximum Gasteiger partial charge on any atom is 0.337 e. The third kappa shape index (κ3) is 4.18. The molecule has 3 rings (SSSR count). The van der Waals surface area contributed by atoms with E-state index in [0.717, 1.165) is 12.1 Å². The highest BCUT2D eigenvalue weighted by molar-refractivity contribution is 7.88. The second-order valence-corrected chi connectivity index (χ2v) is 8.12. The van der Waals surface area contributed by atoms with Gasteiger partial charge in [-0.25, -0.2) is 27.5 Å². The van der Waals surface area contributed by atoms with Crippen LogP contribution in [0.15, 0.2) is 30.9 Å². The van der Waals surface area contributed by atoms with Crippen molar-refractivity contribution in [2.45, 2.75) is 12.8 Å². The molecule has 0 aromatic carbocycles. The van der Waals surface area contributed by atoms with Gasteiger partial charge in [0.25, 0.3) is 0 Å². The molecular formula is C16H18N4O4S. The number of aromatic nitrogens is 3. The summed E-state index contributed by atoms with van der Waals surface area (Å²) in [5.41, 5.74) is 2.09. The molecule has 3 heterocycles. The summed E-state index contributed by atoms with van der Waals surface area (Å²) in [5.74, 6) is -0.837. The smallest absolute Gasteiger partial charge is 0.337 e. The molecule has 1 aliphatic rings. The zero-order chi connectivity index (χ0) is 18.0. The van der Waals surface area contributed by atoms with Gasteiger partial charge in [-0.15, -0.1) is 0 Å². The van der Waals surface area contributed by atoms with Crippen LogP contribution in [0.1, 0.15) is 22.5 Å². The summed E-state index contributed by atoms with van der Waals surface area (Å²) in [6.45, 7) is 1.03. The van der Waals surface area contributed by atoms with Crippen LogP contribution in [-0.4, -0.2) is 58.1 Å². The minimum absolute atomic E-state index is 0.0947. The Kier molecular flexibility index (Phi) is 4.78. The Morgan fingerprint density at radius 1 is 1.32 bits per heavy atom. The third-order valence-electron chi connectivity index (χ3n) is 4.22. The highest BCUT2D eigenvalue weighted by Gasteiger charge is 2.28. The number of rotatable bonds is 5. The van der Waals surface area contributed by atoms with Crippen LogP contribution in [0.3, 0.4) is 0 Å². The molecule has 0 aliphatic carbocycles. The number of carboxylic acids is 1. The van der Waals surface area contributed by atoms with Gasteiger partial charge in [0.2, 0.25) is 10.0 Å². The Balaban J connectivity index is 1.77. The number of hydrogen-bond acceptors (Lipinski definition) is 6. The summed E-state index contributed by atoms with van der Waals surface area (Å²) in [7, 11) is -3.16. The quantitative estimate of drug-likeness (QED) is 0.846. The lowest BCUT2D eigenvalue weighted by Gasteiger charge is -2.13. The molecular weight excluding hydrogens is 344 g/mol. The number of carboxylic acid groups (broad SMARTS) is 1. The highest BCUT2D eigenvalue weighted by atomic mass is 32.2. The van der Waals surface area contributed by atoms with Gasteiger partial charge >= 0.3 is 5.97 Å². The minimum atomic E-state index is -3.16. The summed E-state index contributed by atoms with van der Waals surface area (Å²) >= 11 is 0. The Morgan fingerprint density at radius 2 is 2.12 bits per heavy atom. The van der Waals surface area contributed by atoms with Gasteiger partial charge < -0.3 is 5.11 Å². The highest BCUT2D eigenvalue weighted by Crippen LogP contribution is 2.24. The predicted molar refractivity (Wildman–Crippen MR) is 90.5 cm³/mol. The van der Waals surface area contributed by atoms with E-state index in [2.05, 4.69) is 15.0 Å². The second kappa shape index (κ2) is 6.85. The van der Waals surface area contributed by atoms with Gasteiger partial charge in [-0.05, 0) is 30.9 Å². The fourth-order valence-corrected chi connectivity index (χ4v) is 3.84. The largest absolute Gasteiger partial charge is 0.478 e. The number of carbonyl (C=O) groups is 1. The number of hydrogen-bond donors (Lipinski definition) is 1. The molecule has 9 heteroatoms. The lowest BCUT2D eigenvalue weighted by atomic mass is 10.0. The SMILES string of the molecule is CS(=O)(=O)N1CC[C@@H](Cc2cc(-c3cncc(C(=O)O)c3)ncn2)C1. The summed E-state index contributed by atoms with van der Waals surface area (Å²) < 4.78 is 24.7. The predicted octanol–water partition coefficient (Wildman–Crippen LogP) is 1.06. The van der Waals surface area contributed by atoms with Crippen LogP contribution in [0.2, 0.25) is 0 Å². The Hall–Kier alpha value is -2.39. The number of nitrogens with zero attached hydrogens (tertiary/aromatic N) is 4. The molecule has 8 nitrogen and oxygen atoms in total. The van der Waals surface area contributed by atoms with Crippen molar-refractivity contribution in [3.63, 3.8) is 0 Å². The number of aromatic carboxylic acids is 1. The van der Waals surface area contributed by atoms with Crippen LogP contribution in [-0.2, 0) is 16.4 Å². The molecule has 2 aromatic rings. The van der Waals surface area contributed by atoms with Crippen molar-refractivity contribution in [1.29, 1.82) is 0 Å². The third-order valence-corrected chi connectivity index (χ3v) is 5.49. The number of pyridine rings is 1. The molecule has 0 unspecified atom stereocenters. The second-order valence-electron chi connectivity index (χ2n) is 6.14. The van der Waals surface area contributed by atoms with Gasteiger partial charge in [0.15, 0.2) is 0 Å². The molecule has 2 aromatic heterocycles. The first kappa shape index (κ1) is 17.4. The minimum Gasteiger partial charge on any atom is -0.478 e.